The summed E-state index contributed by atoms with van der Waals surface area (Å²) in [5, 5.41) is 12.5. The number of fused-ring (bicyclic) bond motifs is 1. The van der Waals surface area contributed by atoms with E-state index in [-0.39, 0.29) is 28.1 Å². The van der Waals surface area contributed by atoms with Gasteiger partial charge in [-0.05, 0) is 35.9 Å². The molecule has 0 saturated carbocycles. The molecule has 2 aromatic carbocycles. The van der Waals surface area contributed by atoms with Crippen molar-refractivity contribution in [1.29, 1.82) is 5.26 Å². The minimum absolute atomic E-state index is 0.124. The maximum absolute atomic E-state index is 12.4. The van der Waals surface area contributed by atoms with E-state index in [4.69, 9.17) is 44.3 Å². The molecule has 0 spiro atoms. The molecule has 0 radical (unpaired) electrons. The van der Waals surface area contributed by atoms with Crippen molar-refractivity contribution in [3.8, 4) is 17.6 Å². The van der Waals surface area contributed by atoms with Crippen LogP contribution in [0.25, 0.3) is 6.08 Å². The maximum Gasteiger partial charge on any atom is 0.266 e. The van der Waals surface area contributed by atoms with Crippen LogP contribution in [0.4, 0.5) is 5.69 Å². The van der Waals surface area contributed by atoms with Gasteiger partial charge in [-0.3, -0.25) is 4.79 Å². The zero-order valence-corrected chi connectivity index (χ0v) is 14.7. The van der Waals surface area contributed by atoms with Crippen molar-refractivity contribution in [3.05, 3.63) is 56.5 Å². The zero-order valence-electron chi connectivity index (χ0n) is 12.5. The van der Waals surface area contributed by atoms with E-state index >= 15 is 0 Å². The third-order valence-corrected chi connectivity index (χ3v) is 4.13. The number of nitrogens with zero attached hydrogens (tertiary/aromatic N) is 1. The summed E-state index contributed by atoms with van der Waals surface area (Å²) in [6.07, 6.45) is 1.43. The molecule has 3 rings (SSSR count). The lowest BCUT2D eigenvalue weighted by atomic mass is 10.1. The fourth-order valence-electron chi connectivity index (χ4n) is 2.16. The minimum atomic E-state index is -0.647. The number of ether oxygens (including phenoxy) is 2. The van der Waals surface area contributed by atoms with E-state index in [1.54, 1.807) is 18.2 Å². The Labute approximate surface area is 158 Å². The highest BCUT2D eigenvalue weighted by atomic mass is 35.5. The number of hydrogen-bond acceptors (Lipinski definition) is 4. The molecule has 1 amide bonds. The second-order valence-electron chi connectivity index (χ2n) is 4.98. The molecule has 0 aliphatic carbocycles. The number of hydrogen-bond donors (Lipinski definition) is 1. The Bertz CT molecular complexity index is 912. The third-order valence-electron chi connectivity index (χ3n) is 3.32. The van der Waals surface area contributed by atoms with Crippen molar-refractivity contribution in [1.82, 2.24) is 0 Å². The molecule has 8 heteroatoms. The van der Waals surface area contributed by atoms with Crippen LogP contribution in [0.3, 0.4) is 0 Å². The minimum Gasteiger partial charge on any atom is -0.454 e. The second kappa shape index (κ2) is 7.24. The van der Waals surface area contributed by atoms with Gasteiger partial charge in [0.05, 0.1) is 15.7 Å². The Morgan fingerprint density at radius 1 is 1.12 bits per heavy atom. The SMILES string of the molecule is N#C/C(=C/c1ccc2c(c1)OCO2)C(=O)Nc1c(Cl)cc(Cl)cc1Cl. The molecule has 0 bridgehead atoms. The number of halogens is 3. The van der Waals surface area contributed by atoms with Crippen molar-refractivity contribution in [2.75, 3.05) is 12.1 Å². The Kier molecular flexibility index (Phi) is 5.05. The average molecular weight is 396 g/mol. The van der Waals surface area contributed by atoms with Gasteiger partial charge in [-0.25, -0.2) is 0 Å². The molecule has 1 aliphatic heterocycles. The molecule has 5 nitrogen and oxygen atoms in total. The van der Waals surface area contributed by atoms with E-state index in [9.17, 15) is 10.1 Å². The van der Waals surface area contributed by atoms with E-state index < -0.39 is 5.91 Å². The molecular weight excluding hydrogens is 387 g/mol. The monoisotopic (exact) mass is 394 g/mol. The highest BCUT2D eigenvalue weighted by Gasteiger charge is 2.16. The van der Waals surface area contributed by atoms with E-state index in [0.29, 0.717) is 22.1 Å². The Morgan fingerprint density at radius 2 is 1.80 bits per heavy atom. The number of benzene rings is 2. The molecule has 1 N–H and O–H groups in total. The van der Waals surface area contributed by atoms with Gasteiger partial charge in [-0.1, -0.05) is 40.9 Å². The standard InChI is InChI=1S/C17H9Cl3N2O3/c18-11-5-12(19)16(13(20)6-11)22-17(23)10(7-21)3-9-1-2-14-15(4-9)25-8-24-14/h1-6H,8H2,(H,22,23)/b10-3-. The highest BCUT2D eigenvalue weighted by molar-refractivity contribution is 6.42. The van der Waals surface area contributed by atoms with Gasteiger partial charge in [0.25, 0.3) is 5.91 Å². The van der Waals surface area contributed by atoms with Crippen molar-refractivity contribution in [2.45, 2.75) is 0 Å². The van der Waals surface area contributed by atoms with Gasteiger partial charge < -0.3 is 14.8 Å². The Balaban J connectivity index is 1.86. The first-order chi connectivity index (χ1) is 12.0. The van der Waals surface area contributed by atoms with E-state index in [1.807, 2.05) is 6.07 Å². The molecule has 0 saturated heterocycles. The molecule has 2 aromatic rings. The molecule has 25 heavy (non-hydrogen) atoms. The molecule has 1 heterocycles. The van der Waals surface area contributed by atoms with Crippen LogP contribution in [0.1, 0.15) is 5.56 Å². The van der Waals surface area contributed by atoms with Crippen LogP contribution in [0, 0.1) is 11.3 Å². The first kappa shape index (κ1) is 17.4. The number of nitriles is 1. The molecule has 1 aliphatic rings. The summed E-state index contributed by atoms with van der Waals surface area (Å²) >= 11 is 17.9. The Morgan fingerprint density at radius 3 is 2.48 bits per heavy atom. The first-order valence-corrected chi connectivity index (χ1v) is 8.08. The third kappa shape index (κ3) is 3.83. The lowest BCUT2D eigenvalue weighted by molar-refractivity contribution is -0.112. The van der Waals surface area contributed by atoms with Gasteiger partial charge in [-0.15, -0.1) is 0 Å². The summed E-state index contributed by atoms with van der Waals surface area (Å²) < 4.78 is 10.5. The smallest absolute Gasteiger partial charge is 0.266 e. The molecule has 0 atom stereocenters. The summed E-state index contributed by atoms with van der Waals surface area (Å²) in [5.41, 5.74) is 0.676. The lowest BCUT2D eigenvalue weighted by Crippen LogP contribution is -2.14. The average Bonchev–Trinajstić information content (AvgIpc) is 3.03. The van der Waals surface area contributed by atoms with Crippen LogP contribution in [0.15, 0.2) is 35.9 Å². The van der Waals surface area contributed by atoms with Crippen LogP contribution in [0.5, 0.6) is 11.5 Å². The van der Waals surface area contributed by atoms with E-state index in [0.717, 1.165) is 0 Å². The summed E-state index contributed by atoms with van der Waals surface area (Å²) in [6.45, 7) is 0.141. The fraction of sp³-hybridized carbons (Fsp3) is 0.0588. The summed E-state index contributed by atoms with van der Waals surface area (Å²) in [6, 6.07) is 9.83. The molecule has 0 aromatic heterocycles. The van der Waals surface area contributed by atoms with Crippen molar-refractivity contribution in [2.24, 2.45) is 0 Å². The summed E-state index contributed by atoms with van der Waals surface area (Å²) in [4.78, 5) is 12.4. The van der Waals surface area contributed by atoms with Gasteiger partial charge in [0.15, 0.2) is 11.5 Å². The van der Waals surface area contributed by atoms with Crippen LogP contribution in [0.2, 0.25) is 15.1 Å². The van der Waals surface area contributed by atoms with Crippen molar-refractivity contribution >= 4 is 52.5 Å². The quantitative estimate of drug-likeness (QED) is 0.591. The zero-order chi connectivity index (χ0) is 18.0. The number of rotatable bonds is 3. The van der Waals surface area contributed by atoms with Crippen molar-refractivity contribution < 1.29 is 14.3 Å². The highest BCUT2D eigenvalue weighted by Crippen LogP contribution is 2.35. The van der Waals surface area contributed by atoms with Gasteiger partial charge in [0.1, 0.15) is 11.6 Å². The predicted molar refractivity (Wildman–Crippen MR) is 96.3 cm³/mol. The number of nitrogens with one attached hydrogen (secondary N) is 1. The summed E-state index contributed by atoms with van der Waals surface area (Å²) in [7, 11) is 0. The first-order valence-electron chi connectivity index (χ1n) is 6.95. The van der Waals surface area contributed by atoms with Gasteiger partial charge in [0.2, 0.25) is 6.79 Å². The maximum atomic E-state index is 12.4. The van der Waals surface area contributed by atoms with E-state index in [1.165, 1.54) is 18.2 Å². The topological polar surface area (TPSA) is 71.3 Å². The predicted octanol–water partition coefficient (Wildman–Crippen LogP) is 4.92. The number of carbonyl (C=O) groups is 1. The lowest BCUT2D eigenvalue weighted by Gasteiger charge is -2.09. The Hall–Kier alpha value is -2.39. The normalized spacial score (nSPS) is 12.6. The largest absolute Gasteiger partial charge is 0.454 e. The van der Waals surface area contributed by atoms with Gasteiger partial charge >= 0.3 is 0 Å². The molecular formula is C17H9Cl3N2O3. The number of amides is 1. The van der Waals surface area contributed by atoms with Crippen molar-refractivity contribution in [3.63, 3.8) is 0 Å². The number of carbonyl (C=O) groups excluding carboxylic acids is 1. The van der Waals surface area contributed by atoms with Crippen LogP contribution in [-0.2, 0) is 4.79 Å². The van der Waals surface area contributed by atoms with Gasteiger partial charge in [0, 0.05) is 5.02 Å². The number of anilines is 1. The fourth-order valence-corrected chi connectivity index (χ4v) is 3.07. The van der Waals surface area contributed by atoms with Crippen LogP contribution < -0.4 is 14.8 Å². The van der Waals surface area contributed by atoms with Gasteiger partial charge in [-0.2, -0.15) is 5.26 Å². The summed E-state index contributed by atoms with van der Waals surface area (Å²) in [5.74, 6) is 0.515. The van der Waals surface area contributed by atoms with E-state index in [2.05, 4.69) is 5.32 Å². The van der Waals surface area contributed by atoms with Crippen LogP contribution in [-0.4, -0.2) is 12.7 Å². The molecule has 126 valence electrons. The van der Waals surface area contributed by atoms with Crippen LogP contribution >= 0.6 is 34.8 Å². The molecule has 0 unspecified atom stereocenters. The second-order valence-corrected chi connectivity index (χ2v) is 6.23. The molecule has 0 fully saturated rings.